The lowest BCUT2D eigenvalue weighted by Gasteiger charge is -2.09. The van der Waals surface area contributed by atoms with Crippen LogP contribution in [0.4, 0.5) is 5.82 Å². The number of hydrogen-bond donors (Lipinski definition) is 1. The Labute approximate surface area is 189 Å². The summed E-state index contributed by atoms with van der Waals surface area (Å²) >= 11 is 0. The second kappa shape index (κ2) is 9.45. The molecule has 4 aromatic heterocycles. The molecule has 33 heavy (non-hydrogen) atoms. The topological polar surface area (TPSA) is 104 Å². The highest BCUT2D eigenvalue weighted by atomic mass is 16.5. The van der Waals surface area contributed by atoms with Gasteiger partial charge in [0.25, 0.3) is 0 Å². The van der Waals surface area contributed by atoms with Crippen LogP contribution in [0.25, 0.3) is 22.7 Å². The van der Waals surface area contributed by atoms with E-state index in [9.17, 15) is 0 Å². The van der Waals surface area contributed by atoms with Crippen molar-refractivity contribution in [3.63, 3.8) is 0 Å². The van der Waals surface area contributed by atoms with E-state index in [1.54, 1.807) is 30.5 Å². The first-order valence-electron chi connectivity index (χ1n) is 10.4. The molecule has 0 spiro atoms. The van der Waals surface area contributed by atoms with Crippen LogP contribution in [-0.4, -0.2) is 54.7 Å². The number of rotatable bonds is 9. The molecule has 10 heteroatoms. The van der Waals surface area contributed by atoms with Crippen LogP contribution in [0.1, 0.15) is 5.56 Å². The molecule has 166 valence electrons. The number of aromatic nitrogens is 7. The molecule has 4 heterocycles. The summed E-state index contributed by atoms with van der Waals surface area (Å²) in [7, 11) is 1.65. The molecule has 0 saturated heterocycles. The third kappa shape index (κ3) is 4.65. The van der Waals surface area contributed by atoms with Gasteiger partial charge >= 0.3 is 0 Å². The van der Waals surface area contributed by atoms with Crippen LogP contribution < -0.4 is 10.1 Å². The standard InChI is InChI=1S/C23H22N8O2/c1-32-10-11-33-19-6-8-30-21(15-25-23(30)12-19)20-13-22(27-16-26-20)24-14-17-2-4-18(5-3-17)31-9-7-28-29-31/h2-9,12-13,15-16H,10-11,14H2,1H3,(H,24,26,27). The maximum Gasteiger partial charge on any atom is 0.140 e. The number of methoxy groups -OCH3 is 1. The maximum absolute atomic E-state index is 5.67. The van der Waals surface area contributed by atoms with E-state index >= 15 is 0 Å². The predicted octanol–water partition coefficient (Wildman–Crippen LogP) is 3.01. The SMILES string of the molecule is COCCOc1ccn2c(-c3cc(NCc4ccc(-n5ccnn5)cc4)ncn3)cnc2c1. The van der Waals surface area contributed by atoms with Crippen molar-refractivity contribution in [1.82, 2.24) is 34.3 Å². The highest BCUT2D eigenvalue weighted by Gasteiger charge is 2.10. The molecule has 0 aliphatic heterocycles. The second-order valence-corrected chi connectivity index (χ2v) is 7.23. The highest BCUT2D eigenvalue weighted by Crippen LogP contribution is 2.23. The predicted molar refractivity (Wildman–Crippen MR) is 122 cm³/mol. The van der Waals surface area contributed by atoms with Gasteiger partial charge in [-0.15, -0.1) is 5.10 Å². The van der Waals surface area contributed by atoms with E-state index in [0.717, 1.165) is 39.9 Å². The summed E-state index contributed by atoms with van der Waals surface area (Å²) in [5, 5.41) is 11.2. The molecule has 5 rings (SSSR count). The average molecular weight is 442 g/mol. The van der Waals surface area contributed by atoms with E-state index in [1.807, 2.05) is 59.3 Å². The molecule has 5 aromatic rings. The van der Waals surface area contributed by atoms with Crippen molar-refractivity contribution in [3.8, 4) is 22.8 Å². The number of pyridine rings is 1. The summed E-state index contributed by atoms with van der Waals surface area (Å²) in [6.45, 7) is 1.65. The van der Waals surface area contributed by atoms with E-state index in [2.05, 4.69) is 30.6 Å². The largest absolute Gasteiger partial charge is 0.491 e. The summed E-state index contributed by atoms with van der Waals surface area (Å²) < 4.78 is 14.4. The number of fused-ring (bicyclic) bond motifs is 1. The average Bonchev–Trinajstić information content (AvgIpc) is 3.54. The molecule has 1 N–H and O–H groups in total. The van der Waals surface area contributed by atoms with E-state index in [4.69, 9.17) is 9.47 Å². The summed E-state index contributed by atoms with van der Waals surface area (Å²) in [6, 6.07) is 13.8. The van der Waals surface area contributed by atoms with E-state index in [1.165, 1.54) is 0 Å². The molecule has 0 saturated carbocycles. The molecular weight excluding hydrogens is 420 g/mol. The Kier molecular flexibility index (Phi) is 5.89. The Bertz CT molecular complexity index is 1330. The fourth-order valence-electron chi connectivity index (χ4n) is 3.38. The van der Waals surface area contributed by atoms with E-state index in [-0.39, 0.29) is 0 Å². The molecule has 0 amide bonds. The third-order valence-electron chi connectivity index (χ3n) is 5.07. The van der Waals surface area contributed by atoms with Gasteiger partial charge in [-0.2, -0.15) is 0 Å². The first-order valence-corrected chi connectivity index (χ1v) is 10.4. The minimum absolute atomic E-state index is 0.490. The normalized spacial score (nSPS) is 11.1. The van der Waals surface area contributed by atoms with E-state index in [0.29, 0.717) is 19.8 Å². The van der Waals surface area contributed by atoms with Gasteiger partial charge < -0.3 is 14.8 Å². The zero-order chi connectivity index (χ0) is 22.5. The summed E-state index contributed by atoms with van der Waals surface area (Å²) in [5.41, 5.74) is 4.50. The zero-order valence-electron chi connectivity index (χ0n) is 18.0. The van der Waals surface area contributed by atoms with Crippen molar-refractivity contribution in [2.75, 3.05) is 25.6 Å². The number of hydrogen-bond acceptors (Lipinski definition) is 8. The van der Waals surface area contributed by atoms with Crippen LogP contribution in [0.5, 0.6) is 5.75 Å². The highest BCUT2D eigenvalue weighted by molar-refractivity contribution is 5.63. The number of ether oxygens (including phenoxy) is 2. The molecule has 1 aromatic carbocycles. The van der Waals surface area contributed by atoms with Gasteiger partial charge in [0, 0.05) is 32.0 Å². The Balaban J connectivity index is 1.28. The van der Waals surface area contributed by atoms with Crippen LogP contribution in [0.2, 0.25) is 0 Å². The minimum Gasteiger partial charge on any atom is -0.491 e. The molecule has 0 radical (unpaired) electrons. The fraction of sp³-hybridized carbons (Fsp3) is 0.174. The van der Waals surface area contributed by atoms with Gasteiger partial charge in [-0.25, -0.2) is 19.6 Å². The number of benzene rings is 1. The van der Waals surface area contributed by atoms with Crippen LogP contribution in [0, 0.1) is 0 Å². The van der Waals surface area contributed by atoms with Gasteiger partial charge in [0.15, 0.2) is 0 Å². The Hall–Kier alpha value is -4.31. The lowest BCUT2D eigenvalue weighted by atomic mass is 10.2. The van der Waals surface area contributed by atoms with Crippen molar-refractivity contribution in [2.45, 2.75) is 6.54 Å². The van der Waals surface area contributed by atoms with Crippen molar-refractivity contribution in [1.29, 1.82) is 0 Å². The molecular formula is C23H22N8O2. The van der Waals surface area contributed by atoms with Crippen LogP contribution in [-0.2, 0) is 11.3 Å². The fourth-order valence-corrected chi connectivity index (χ4v) is 3.38. The number of imidazole rings is 1. The minimum atomic E-state index is 0.490. The molecule has 0 atom stereocenters. The molecule has 0 unspecified atom stereocenters. The first kappa shape index (κ1) is 20.6. The Morgan fingerprint density at radius 3 is 2.70 bits per heavy atom. The smallest absolute Gasteiger partial charge is 0.140 e. The lowest BCUT2D eigenvalue weighted by molar-refractivity contribution is 0.146. The summed E-state index contributed by atoms with van der Waals surface area (Å²) in [6.07, 6.45) is 8.73. The number of nitrogens with one attached hydrogen (secondary N) is 1. The van der Waals surface area contributed by atoms with Crippen molar-refractivity contribution in [2.24, 2.45) is 0 Å². The molecule has 0 fully saturated rings. The molecule has 0 aliphatic rings. The second-order valence-electron chi connectivity index (χ2n) is 7.23. The molecule has 10 nitrogen and oxygen atoms in total. The molecule has 0 aliphatic carbocycles. The zero-order valence-corrected chi connectivity index (χ0v) is 18.0. The van der Waals surface area contributed by atoms with Gasteiger partial charge in [0.05, 0.1) is 42.3 Å². The van der Waals surface area contributed by atoms with Gasteiger partial charge in [-0.1, -0.05) is 17.3 Å². The number of anilines is 1. The number of nitrogens with zero attached hydrogens (tertiary/aromatic N) is 7. The Morgan fingerprint density at radius 1 is 0.970 bits per heavy atom. The van der Waals surface area contributed by atoms with Crippen molar-refractivity contribution < 1.29 is 9.47 Å². The van der Waals surface area contributed by atoms with Gasteiger partial charge in [-0.3, -0.25) is 4.40 Å². The Morgan fingerprint density at radius 2 is 1.88 bits per heavy atom. The van der Waals surface area contributed by atoms with Crippen LogP contribution >= 0.6 is 0 Å². The molecule has 0 bridgehead atoms. The first-order chi connectivity index (χ1) is 16.3. The van der Waals surface area contributed by atoms with Crippen molar-refractivity contribution in [3.05, 3.63) is 79.1 Å². The quantitative estimate of drug-likeness (QED) is 0.348. The lowest BCUT2D eigenvalue weighted by Crippen LogP contribution is -2.04. The van der Waals surface area contributed by atoms with Gasteiger partial charge in [-0.05, 0) is 23.8 Å². The summed E-state index contributed by atoms with van der Waals surface area (Å²) in [4.78, 5) is 13.3. The third-order valence-corrected chi connectivity index (χ3v) is 5.07. The summed E-state index contributed by atoms with van der Waals surface area (Å²) in [5.74, 6) is 1.48. The van der Waals surface area contributed by atoms with Crippen molar-refractivity contribution >= 4 is 11.5 Å². The van der Waals surface area contributed by atoms with Gasteiger partial charge in [0.2, 0.25) is 0 Å². The van der Waals surface area contributed by atoms with Crippen LogP contribution in [0.15, 0.2) is 73.6 Å². The monoisotopic (exact) mass is 442 g/mol. The van der Waals surface area contributed by atoms with E-state index < -0.39 is 0 Å². The van der Waals surface area contributed by atoms with Gasteiger partial charge in [0.1, 0.15) is 30.1 Å². The maximum atomic E-state index is 5.67. The van der Waals surface area contributed by atoms with Crippen LogP contribution in [0.3, 0.4) is 0 Å².